The second-order valence-corrected chi connectivity index (χ2v) is 7.35. The molecule has 0 unspecified atom stereocenters. The minimum Gasteiger partial charge on any atom is -0.465 e. The number of allylic oxidation sites excluding steroid dienone is 2. The molecule has 4 rings (SSSR count). The van der Waals surface area contributed by atoms with Crippen LogP contribution in [0.4, 0.5) is 5.69 Å². The number of aryl methyl sites for hydroxylation is 1. The van der Waals surface area contributed by atoms with Crippen LogP contribution in [0.1, 0.15) is 18.4 Å². The Morgan fingerprint density at radius 1 is 1.11 bits per heavy atom. The van der Waals surface area contributed by atoms with Crippen molar-refractivity contribution in [1.82, 2.24) is 0 Å². The highest BCUT2D eigenvalue weighted by molar-refractivity contribution is 5.96. The Balaban J connectivity index is 1.53. The number of hydrogen-bond acceptors (Lipinski definition) is 3. The van der Waals surface area contributed by atoms with Gasteiger partial charge in [-0.3, -0.25) is 9.59 Å². The van der Waals surface area contributed by atoms with Crippen molar-refractivity contribution in [2.45, 2.75) is 19.8 Å². The molecule has 0 saturated carbocycles. The second-order valence-electron chi connectivity index (χ2n) is 7.35. The molecule has 3 atom stereocenters. The normalized spacial score (nSPS) is 24.0. The molecule has 0 aromatic heterocycles. The van der Waals surface area contributed by atoms with E-state index in [-0.39, 0.29) is 29.6 Å². The SMILES string of the molecule is Cc1ccc(-c2cccc(NC(=O)[C@@H]3CC=C[C@@H]4CCOC(=O)[C@@H]43)c2)cc1. The lowest BCUT2D eigenvalue weighted by molar-refractivity contribution is -0.160. The molecule has 2 aromatic carbocycles. The average Bonchev–Trinajstić information content (AvgIpc) is 2.68. The predicted octanol–water partition coefficient (Wildman–Crippen LogP) is 4.36. The summed E-state index contributed by atoms with van der Waals surface area (Å²) >= 11 is 0. The molecule has 2 aromatic rings. The Bertz CT molecular complexity index is 885. The van der Waals surface area contributed by atoms with Crippen LogP contribution in [0.25, 0.3) is 11.1 Å². The monoisotopic (exact) mass is 361 g/mol. The lowest BCUT2D eigenvalue weighted by Gasteiger charge is -2.35. The number of rotatable bonds is 3. The molecule has 1 fully saturated rings. The standard InChI is InChI=1S/C23H23NO3/c1-15-8-10-16(11-9-15)18-5-2-6-19(14-18)24-22(25)20-7-3-4-17-12-13-27-23(26)21(17)20/h2-6,8-11,14,17,20-21H,7,12-13H2,1H3,(H,24,25)/t17-,20-,21+/m1/s1. The summed E-state index contributed by atoms with van der Waals surface area (Å²) in [6, 6.07) is 16.1. The number of cyclic esters (lactones) is 1. The van der Waals surface area contributed by atoms with Crippen LogP contribution in [-0.4, -0.2) is 18.5 Å². The molecule has 1 N–H and O–H groups in total. The largest absolute Gasteiger partial charge is 0.465 e. The van der Waals surface area contributed by atoms with E-state index < -0.39 is 0 Å². The highest BCUT2D eigenvalue weighted by atomic mass is 16.5. The number of amides is 1. The van der Waals surface area contributed by atoms with E-state index in [0.717, 1.165) is 23.2 Å². The van der Waals surface area contributed by atoms with Crippen LogP contribution < -0.4 is 5.32 Å². The summed E-state index contributed by atoms with van der Waals surface area (Å²) in [7, 11) is 0. The lowest BCUT2D eigenvalue weighted by atomic mass is 9.73. The van der Waals surface area contributed by atoms with Gasteiger partial charge in [0.2, 0.25) is 5.91 Å². The first-order valence-corrected chi connectivity index (χ1v) is 9.43. The maximum absolute atomic E-state index is 12.9. The zero-order chi connectivity index (χ0) is 18.8. The summed E-state index contributed by atoms with van der Waals surface area (Å²) in [5.41, 5.74) is 4.11. The van der Waals surface area contributed by atoms with Crippen molar-refractivity contribution in [2.24, 2.45) is 17.8 Å². The van der Waals surface area contributed by atoms with Crippen molar-refractivity contribution in [2.75, 3.05) is 11.9 Å². The molecule has 27 heavy (non-hydrogen) atoms. The Kier molecular flexibility index (Phi) is 4.80. The van der Waals surface area contributed by atoms with E-state index in [4.69, 9.17) is 4.74 Å². The number of carbonyl (C=O) groups excluding carboxylic acids is 2. The van der Waals surface area contributed by atoms with Crippen LogP contribution >= 0.6 is 0 Å². The zero-order valence-electron chi connectivity index (χ0n) is 15.4. The Labute approximate surface area is 159 Å². The summed E-state index contributed by atoms with van der Waals surface area (Å²) in [6.07, 6.45) is 5.44. The first-order valence-electron chi connectivity index (χ1n) is 9.43. The second kappa shape index (κ2) is 7.39. The molecule has 2 aliphatic rings. The lowest BCUT2D eigenvalue weighted by Crippen LogP contribution is -2.43. The van der Waals surface area contributed by atoms with Crippen molar-refractivity contribution in [3.05, 3.63) is 66.2 Å². The molecule has 4 nitrogen and oxygen atoms in total. The van der Waals surface area contributed by atoms with Gasteiger partial charge in [0.05, 0.1) is 18.4 Å². The Morgan fingerprint density at radius 3 is 2.74 bits per heavy atom. The fourth-order valence-electron chi connectivity index (χ4n) is 4.00. The van der Waals surface area contributed by atoms with Crippen LogP contribution in [-0.2, 0) is 14.3 Å². The van der Waals surface area contributed by atoms with E-state index in [9.17, 15) is 9.59 Å². The van der Waals surface area contributed by atoms with Gasteiger partial charge in [0.25, 0.3) is 0 Å². The van der Waals surface area contributed by atoms with E-state index in [2.05, 4.69) is 42.6 Å². The van der Waals surface area contributed by atoms with E-state index in [1.807, 2.05) is 30.3 Å². The Hall–Kier alpha value is -2.88. The highest BCUT2D eigenvalue weighted by Gasteiger charge is 2.43. The number of hydrogen-bond donors (Lipinski definition) is 1. The number of ether oxygens (including phenoxy) is 1. The number of benzene rings is 2. The van der Waals surface area contributed by atoms with E-state index in [1.54, 1.807) is 0 Å². The minimum absolute atomic E-state index is 0.106. The molecule has 1 aliphatic heterocycles. The van der Waals surface area contributed by atoms with E-state index in [1.165, 1.54) is 5.56 Å². The molecule has 1 amide bonds. The van der Waals surface area contributed by atoms with Crippen LogP contribution in [0.2, 0.25) is 0 Å². The highest BCUT2D eigenvalue weighted by Crippen LogP contribution is 2.37. The van der Waals surface area contributed by atoms with Crippen molar-refractivity contribution < 1.29 is 14.3 Å². The third kappa shape index (κ3) is 3.65. The number of carbonyl (C=O) groups is 2. The van der Waals surface area contributed by atoms with Crippen molar-refractivity contribution in [3.8, 4) is 11.1 Å². The quantitative estimate of drug-likeness (QED) is 0.653. The molecule has 1 aliphatic carbocycles. The first-order chi connectivity index (χ1) is 13.1. The smallest absolute Gasteiger partial charge is 0.310 e. The summed E-state index contributed by atoms with van der Waals surface area (Å²) in [5, 5.41) is 3.01. The molecule has 138 valence electrons. The molecule has 4 heteroatoms. The Morgan fingerprint density at radius 2 is 1.93 bits per heavy atom. The van der Waals surface area contributed by atoms with Crippen LogP contribution in [0, 0.1) is 24.7 Å². The van der Waals surface area contributed by atoms with Gasteiger partial charge < -0.3 is 10.1 Å². The topological polar surface area (TPSA) is 55.4 Å². The summed E-state index contributed by atoms with van der Waals surface area (Å²) in [5.74, 6) is -1.01. The zero-order valence-corrected chi connectivity index (χ0v) is 15.4. The van der Waals surface area contributed by atoms with Gasteiger partial charge in [0.15, 0.2) is 0 Å². The number of fused-ring (bicyclic) bond motifs is 1. The molecule has 1 heterocycles. The number of esters is 1. The van der Waals surface area contributed by atoms with Gasteiger partial charge in [-0.05, 0) is 48.9 Å². The molecule has 0 bridgehead atoms. The fourth-order valence-corrected chi connectivity index (χ4v) is 4.00. The fraction of sp³-hybridized carbons (Fsp3) is 0.304. The minimum atomic E-state index is -0.379. The van der Waals surface area contributed by atoms with Crippen LogP contribution in [0.15, 0.2) is 60.7 Å². The van der Waals surface area contributed by atoms with Gasteiger partial charge >= 0.3 is 5.97 Å². The molecule has 1 saturated heterocycles. The van der Waals surface area contributed by atoms with Crippen LogP contribution in [0.3, 0.4) is 0 Å². The summed E-state index contributed by atoms with van der Waals surface area (Å²) < 4.78 is 5.21. The predicted molar refractivity (Wildman–Crippen MR) is 105 cm³/mol. The third-order valence-electron chi connectivity index (χ3n) is 5.49. The molecule has 0 spiro atoms. The average molecular weight is 361 g/mol. The van der Waals surface area contributed by atoms with Crippen LogP contribution in [0.5, 0.6) is 0 Å². The van der Waals surface area contributed by atoms with E-state index >= 15 is 0 Å². The number of anilines is 1. The van der Waals surface area contributed by atoms with Gasteiger partial charge in [-0.2, -0.15) is 0 Å². The molecular weight excluding hydrogens is 338 g/mol. The van der Waals surface area contributed by atoms with Gasteiger partial charge in [0, 0.05) is 5.69 Å². The number of nitrogens with one attached hydrogen (secondary N) is 1. The van der Waals surface area contributed by atoms with Gasteiger partial charge in [-0.15, -0.1) is 0 Å². The summed E-state index contributed by atoms with van der Waals surface area (Å²) in [4.78, 5) is 25.1. The van der Waals surface area contributed by atoms with Gasteiger partial charge in [-0.25, -0.2) is 0 Å². The molecule has 0 radical (unpaired) electrons. The first kappa shape index (κ1) is 17.5. The maximum atomic E-state index is 12.9. The van der Waals surface area contributed by atoms with Gasteiger partial charge in [0.1, 0.15) is 0 Å². The van der Waals surface area contributed by atoms with Gasteiger partial charge in [-0.1, -0.05) is 54.1 Å². The maximum Gasteiger partial charge on any atom is 0.310 e. The van der Waals surface area contributed by atoms with E-state index in [0.29, 0.717) is 13.0 Å². The summed E-state index contributed by atoms with van der Waals surface area (Å²) in [6.45, 7) is 2.50. The van der Waals surface area contributed by atoms with Crippen molar-refractivity contribution >= 4 is 17.6 Å². The molecular formula is C23H23NO3. The van der Waals surface area contributed by atoms with Crippen molar-refractivity contribution in [3.63, 3.8) is 0 Å². The third-order valence-corrected chi connectivity index (χ3v) is 5.49. The van der Waals surface area contributed by atoms with Crippen molar-refractivity contribution in [1.29, 1.82) is 0 Å².